The zero-order valence-electron chi connectivity index (χ0n) is 17.5. The number of cyclic esters (lactones) is 1. The van der Waals surface area contributed by atoms with Crippen LogP contribution in [0.5, 0.6) is 0 Å². The molecule has 0 unspecified atom stereocenters. The summed E-state index contributed by atoms with van der Waals surface area (Å²) in [5, 5.41) is 2.76. The van der Waals surface area contributed by atoms with Crippen LogP contribution in [0.3, 0.4) is 0 Å². The van der Waals surface area contributed by atoms with Crippen LogP contribution in [0.2, 0.25) is 0 Å². The Kier molecular flexibility index (Phi) is 6.21. The van der Waals surface area contributed by atoms with Gasteiger partial charge in [0.15, 0.2) is 6.10 Å². The van der Waals surface area contributed by atoms with E-state index in [1.165, 1.54) is 26.2 Å². The van der Waals surface area contributed by atoms with Crippen LogP contribution in [0.4, 0.5) is 11.4 Å². The molecule has 7 nitrogen and oxygen atoms in total. The fraction of sp³-hybridized carbons (Fsp3) is 0.375. The van der Waals surface area contributed by atoms with Crippen LogP contribution in [0, 0.1) is 0 Å². The summed E-state index contributed by atoms with van der Waals surface area (Å²) in [6.07, 6.45) is 1.82. The quantitative estimate of drug-likeness (QED) is 0.744. The van der Waals surface area contributed by atoms with Crippen molar-refractivity contribution in [2.45, 2.75) is 44.8 Å². The molecule has 0 aromatic heterocycles. The van der Waals surface area contributed by atoms with Crippen LogP contribution in [-0.4, -0.2) is 43.1 Å². The van der Waals surface area contributed by atoms with Gasteiger partial charge in [0.25, 0.3) is 5.91 Å². The zero-order valence-corrected chi connectivity index (χ0v) is 17.5. The third-order valence-corrected chi connectivity index (χ3v) is 5.67. The van der Waals surface area contributed by atoms with E-state index in [1.54, 1.807) is 24.3 Å². The molecule has 2 heterocycles. The number of rotatable bonds is 5. The number of carbonyl (C=O) groups is 3. The average molecular weight is 422 g/mol. The van der Waals surface area contributed by atoms with Crippen LogP contribution in [-0.2, 0) is 25.5 Å². The number of amides is 1. The van der Waals surface area contributed by atoms with E-state index >= 15 is 0 Å². The first-order valence-corrected chi connectivity index (χ1v) is 10.7. The SMILES string of the molecule is C[C@@H](OC(=O)[C@@H]1Cc2ccccc2C(=O)O1)C(=O)Nc1ccc(N2CCCCC2)cc1. The smallest absolute Gasteiger partial charge is 0.348 e. The van der Waals surface area contributed by atoms with Gasteiger partial charge in [-0.05, 0) is 62.1 Å². The van der Waals surface area contributed by atoms with E-state index < -0.39 is 30.1 Å². The molecule has 1 saturated heterocycles. The Labute approximate surface area is 181 Å². The Hall–Kier alpha value is -3.35. The predicted molar refractivity (Wildman–Crippen MR) is 116 cm³/mol. The van der Waals surface area contributed by atoms with Gasteiger partial charge in [0.2, 0.25) is 6.10 Å². The molecule has 1 amide bonds. The van der Waals surface area contributed by atoms with E-state index in [0.29, 0.717) is 11.3 Å². The molecule has 162 valence electrons. The lowest BCUT2D eigenvalue weighted by molar-refractivity contribution is -0.162. The Morgan fingerprint density at radius 3 is 2.52 bits per heavy atom. The second-order valence-corrected chi connectivity index (χ2v) is 7.92. The molecule has 0 aliphatic carbocycles. The summed E-state index contributed by atoms with van der Waals surface area (Å²) in [4.78, 5) is 39.4. The van der Waals surface area contributed by atoms with Gasteiger partial charge in [-0.15, -0.1) is 0 Å². The zero-order chi connectivity index (χ0) is 21.8. The maximum Gasteiger partial charge on any atom is 0.348 e. The minimum atomic E-state index is -1.05. The summed E-state index contributed by atoms with van der Waals surface area (Å²) in [6, 6.07) is 14.6. The molecule has 0 saturated carbocycles. The van der Waals surface area contributed by atoms with Crippen molar-refractivity contribution in [2.75, 3.05) is 23.3 Å². The number of benzene rings is 2. The van der Waals surface area contributed by atoms with Crippen molar-refractivity contribution in [3.05, 3.63) is 59.7 Å². The first-order valence-electron chi connectivity index (χ1n) is 10.7. The Morgan fingerprint density at radius 1 is 1.06 bits per heavy atom. The van der Waals surface area contributed by atoms with Crippen LogP contribution in [0.25, 0.3) is 0 Å². The first kappa shape index (κ1) is 20.9. The minimum Gasteiger partial charge on any atom is -0.450 e. The second kappa shape index (κ2) is 9.20. The lowest BCUT2D eigenvalue weighted by Gasteiger charge is -2.28. The Balaban J connectivity index is 1.31. The van der Waals surface area contributed by atoms with Gasteiger partial charge in [-0.2, -0.15) is 0 Å². The summed E-state index contributed by atoms with van der Waals surface area (Å²) in [5.41, 5.74) is 2.94. The van der Waals surface area contributed by atoms with Crippen molar-refractivity contribution in [3.8, 4) is 0 Å². The number of hydrogen-bond acceptors (Lipinski definition) is 6. The normalized spacial score (nSPS) is 19.1. The van der Waals surface area contributed by atoms with E-state index in [9.17, 15) is 14.4 Å². The minimum absolute atomic E-state index is 0.229. The molecule has 4 rings (SSSR count). The van der Waals surface area contributed by atoms with Gasteiger partial charge in [-0.25, -0.2) is 9.59 Å². The topological polar surface area (TPSA) is 84.9 Å². The first-order chi connectivity index (χ1) is 15.0. The van der Waals surface area contributed by atoms with E-state index in [-0.39, 0.29) is 6.42 Å². The molecule has 2 aromatic rings. The number of esters is 2. The molecule has 0 bridgehead atoms. The molecule has 31 heavy (non-hydrogen) atoms. The molecule has 2 aliphatic heterocycles. The third-order valence-electron chi connectivity index (χ3n) is 5.67. The van der Waals surface area contributed by atoms with Gasteiger partial charge in [-0.3, -0.25) is 4.79 Å². The second-order valence-electron chi connectivity index (χ2n) is 7.92. The lowest BCUT2D eigenvalue weighted by Crippen LogP contribution is -2.39. The van der Waals surface area contributed by atoms with Crippen molar-refractivity contribution in [3.63, 3.8) is 0 Å². The predicted octanol–water partition coefficient (Wildman–Crippen LogP) is 3.33. The highest BCUT2D eigenvalue weighted by Crippen LogP contribution is 2.23. The van der Waals surface area contributed by atoms with E-state index in [1.807, 2.05) is 24.3 Å². The van der Waals surface area contributed by atoms with Gasteiger partial charge in [0, 0.05) is 30.9 Å². The number of piperidine rings is 1. The molecular formula is C24H26N2O5. The van der Waals surface area contributed by atoms with Crippen LogP contribution in [0.1, 0.15) is 42.1 Å². The molecule has 7 heteroatoms. The third kappa shape index (κ3) is 4.87. The molecule has 0 radical (unpaired) electrons. The summed E-state index contributed by atoms with van der Waals surface area (Å²) in [7, 11) is 0. The van der Waals surface area contributed by atoms with Crippen molar-refractivity contribution < 1.29 is 23.9 Å². The van der Waals surface area contributed by atoms with Crippen LogP contribution in [0.15, 0.2) is 48.5 Å². The molecule has 2 aromatic carbocycles. The largest absolute Gasteiger partial charge is 0.450 e. The fourth-order valence-electron chi connectivity index (χ4n) is 3.92. The summed E-state index contributed by atoms with van der Waals surface area (Å²) < 4.78 is 10.5. The monoisotopic (exact) mass is 422 g/mol. The summed E-state index contributed by atoms with van der Waals surface area (Å²) >= 11 is 0. The molecule has 0 spiro atoms. The maximum absolute atomic E-state index is 12.5. The molecule has 1 N–H and O–H groups in total. The van der Waals surface area contributed by atoms with E-state index in [4.69, 9.17) is 9.47 Å². The lowest BCUT2D eigenvalue weighted by atomic mass is 9.99. The van der Waals surface area contributed by atoms with Crippen molar-refractivity contribution in [1.82, 2.24) is 0 Å². The fourth-order valence-corrected chi connectivity index (χ4v) is 3.92. The van der Waals surface area contributed by atoms with Crippen molar-refractivity contribution in [1.29, 1.82) is 0 Å². The highest BCUT2D eigenvalue weighted by atomic mass is 16.6. The van der Waals surface area contributed by atoms with E-state index in [0.717, 1.165) is 24.3 Å². The summed E-state index contributed by atoms with van der Waals surface area (Å²) in [5.74, 6) is -1.73. The molecule has 1 fully saturated rings. The number of nitrogens with one attached hydrogen (secondary N) is 1. The van der Waals surface area contributed by atoms with Gasteiger partial charge < -0.3 is 19.7 Å². The molecular weight excluding hydrogens is 396 g/mol. The van der Waals surface area contributed by atoms with E-state index in [2.05, 4.69) is 10.2 Å². The van der Waals surface area contributed by atoms with Gasteiger partial charge in [0.05, 0.1) is 5.56 Å². The maximum atomic E-state index is 12.5. The highest BCUT2D eigenvalue weighted by molar-refractivity contribution is 5.97. The number of ether oxygens (including phenoxy) is 2. The standard InChI is InChI=1S/C24H26N2O5/c1-16(30-24(29)21-15-17-7-3-4-8-20(17)23(28)31-21)22(27)25-18-9-11-19(12-10-18)26-13-5-2-6-14-26/h3-4,7-12,16,21H,2,5-6,13-15H2,1H3,(H,25,27)/t16-,21+/m1/s1. The van der Waals surface area contributed by atoms with Gasteiger partial charge in [-0.1, -0.05) is 18.2 Å². The molecule has 2 atom stereocenters. The average Bonchev–Trinajstić information content (AvgIpc) is 2.80. The number of carbonyl (C=O) groups excluding carboxylic acids is 3. The van der Waals surface area contributed by atoms with Crippen LogP contribution >= 0.6 is 0 Å². The van der Waals surface area contributed by atoms with Crippen molar-refractivity contribution in [2.24, 2.45) is 0 Å². The Bertz CT molecular complexity index is 966. The number of fused-ring (bicyclic) bond motifs is 1. The highest BCUT2D eigenvalue weighted by Gasteiger charge is 2.33. The van der Waals surface area contributed by atoms with Crippen LogP contribution < -0.4 is 10.2 Å². The van der Waals surface area contributed by atoms with Gasteiger partial charge in [0.1, 0.15) is 0 Å². The Morgan fingerprint density at radius 2 is 1.77 bits per heavy atom. The summed E-state index contributed by atoms with van der Waals surface area (Å²) in [6.45, 7) is 3.59. The number of hydrogen-bond donors (Lipinski definition) is 1. The molecule has 2 aliphatic rings. The number of anilines is 2. The van der Waals surface area contributed by atoms with Crippen molar-refractivity contribution >= 4 is 29.2 Å². The number of nitrogens with zero attached hydrogens (tertiary/aromatic N) is 1. The van der Waals surface area contributed by atoms with Gasteiger partial charge >= 0.3 is 11.9 Å².